The monoisotopic (exact) mass is 545 g/mol. The molecule has 0 radical (unpaired) electrons. The summed E-state index contributed by atoms with van der Waals surface area (Å²) in [6.45, 7) is 3.43. The highest BCUT2D eigenvalue weighted by Gasteiger charge is 2.30. The number of carboxylic acid groups (broad SMARTS) is 1. The maximum Gasteiger partial charge on any atom is 0.326 e. The van der Waals surface area contributed by atoms with Crippen LogP contribution in [0.1, 0.15) is 19.4 Å². The molecule has 0 saturated carbocycles. The molecule has 12 heteroatoms. The van der Waals surface area contributed by atoms with E-state index in [4.69, 9.17) is 4.52 Å². The molecule has 0 aliphatic carbocycles. The van der Waals surface area contributed by atoms with Gasteiger partial charge in [-0.25, -0.2) is 33.2 Å². The van der Waals surface area contributed by atoms with Gasteiger partial charge in [-0.1, -0.05) is 61.5 Å². The summed E-state index contributed by atoms with van der Waals surface area (Å²) in [5, 5.41) is 18.1. The molecule has 3 aromatic heterocycles. The highest BCUT2D eigenvalue weighted by Crippen LogP contribution is 2.27. The standard InChI is InChI=1S/C28H25F2N7O3/c1-16(2)23(28(38)39)36(3)26-21(30)14-31-24(32-26)25-33-27(22-11-12-40-35-22)37(34-25)15-19-10-9-18(13-20(19)29)17-7-5-4-6-8-17/h4-14,16,23H,15H2,1-3H3,(H,38,39)/t23-/m0/s1. The Morgan fingerprint density at radius 1 is 1.02 bits per heavy atom. The molecule has 0 aliphatic heterocycles. The highest BCUT2D eigenvalue weighted by molar-refractivity contribution is 5.78. The predicted octanol–water partition coefficient (Wildman–Crippen LogP) is 4.93. The number of benzene rings is 2. The topological polar surface area (TPSA) is 123 Å². The molecule has 1 atom stereocenters. The molecular weight excluding hydrogens is 520 g/mol. The van der Waals surface area contributed by atoms with Crippen molar-refractivity contribution in [1.82, 2.24) is 29.9 Å². The molecule has 0 fully saturated rings. The van der Waals surface area contributed by atoms with Crippen LogP contribution in [0, 0.1) is 17.6 Å². The maximum atomic E-state index is 15.2. The van der Waals surface area contributed by atoms with E-state index < -0.39 is 23.6 Å². The minimum atomic E-state index is -1.12. The first-order chi connectivity index (χ1) is 19.2. The molecule has 3 heterocycles. The first-order valence-electron chi connectivity index (χ1n) is 12.4. The average molecular weight is 546 g/mol. The Morgan fingerprint density at radius 3 is 2.45 bits per heavy atom. The predicted molar refractivity (Wildman–Crippen MR) is 142 cm³/mol. The summed E-state index contributed by atoms with van der Waals surface area (Å²) in [6, 6.07) is 14.9. The summed E-state index contributed by atoms with van der Waals surface area (Å²) >= 11 is 0. The molecule has 2 aromatic carbocycles. The maximum absolute atomic E-state index is 15.2. The van der Waals surface area contributed by atoms with Crippen LogP contribution in [0.4, 0.5) is 14.6 Å². The summed E-state index contributed by atoms with van der Waals surface area (Å²) in [6.07, 6.45) is 2.30. The molecule has 0 saturated heterocycles. The molecule has 5 rings (SSSR count). The van der Waals surface area contributed by atoms with Crippen LogP contribution in [-0.2, 0) is 11.3 Å². The minimum absolute atomic E-state index is 0.00150. The van der Waals surface area contributed by atoms with Crippen molar-refractivity contribution in [2.75, 3.05) is 11.9 Å². The lowest BCUT2D eigenvalue weighted by Crippen LogP contribution is -2.43. The van der Waals surface area contributed by atoms with Crippen LogP contribution in [0.3, 0.4) is 0 Å². The molecule has 0 aliphatic rings. The van der Waals surface area contributed by atoms with Gasteiger partial charge in [-0.15, -0.1) is 5.10 Å². The lowest BCUT2D eigenvalue weighted by molar-refractivity contribution is -0.139. The normalized spacial score (nSPS) is 12.1. The van der Waals surface area contributed by atoms with E-state index >= 15 is 4.39 Å². The Balaban J connectivity index is 1.52. The third kappa shape index (κ3) is 5.28. The number of anilines is 1. The molecule has 0 bridgehead atoms. The number of aromatic nitrogens is 6. The summed E-state index contributed by atoms with van der Waals surface area (Å²) in [7, 11) is 1.45. The van der Waals surface area contributed by atoms with E-state index in [0.717, 1.165) is 17.3 Å². The fourth-order valence-corrected chi connectivity index (χ4v) is 4.45. The SMILES string of the molecule is CC(C)[C@@H](C(=O)O)N(C)c1nc(-c2nc(-c3ccon3)n(Cc3ccc(-c4ccccc4)cc3F)n2)ncc1F. The molecule has 204 valence electrons. The Hall–Kier alpha value is -5.00. The van der Waals surface area contributed by atoms with E-state index in [1.54, 1.807) is 26.0 Å². The number of halogens is 2. The summed E-state index contributed by atoms with van der Waals surface area (Å²) in [5.41, 5.74) is 2.30. The van der Waals surface area contributed by atoms with Gasteiger partial charge in [0, 0.05) is 18.7 Å². The first kappa shape index (κ1) is 26.6. The Labute approximate surface area is 227 Å². The zero-order valence-corrected chi connectivity index (χ0v) is 21.9. The van der Waals surface area contributed by atoms with E-state index in [2.05, 4.69) is 25.2 Å². The van der Waals surface area contributed by atoms with Crippen LogP contribution in [0.5, 0.6) is 0 Å². The Morgan fingerprint density at radius 2 is 1.80 bits per heavy atom. The van der Waals surface area contributed by atoms with Crippen LogP contribution >= 0.6 is 0 Å². The van der Waals surface area contributed by atoms with E-state index in [1.165, 1.54) is 29.0 Å². The summed E-state index contributed by atoms with van der Waals surface area (Å²) in [4.78, 5) is 25.8. The quantitative estimate of drug-likeness (QED) is 0.275. The van der Waals surface area contributed by atoms with Gasteiger partial charge in [0.1, 0.15) is 18.1 Å². The molecule has 10 nitrogen and oxygen atoms in total. The van der Waals surface area contributed by atoms with Crippen LogP contribution in [0.15, 0.2) is 71.6 Å². The van der Waals surface area contributed by atoms with Gasteiger partial charge in [0.25, 0.3) is 0 Å². The largest absolute Gasteiger partial charge is 0.480 e. The third-order valence-corrected chi connectivity index (χ3v) is 6.38. The second kappa shape index (κ2) is 11.0. The van der Waals surface area contributed by atoms with E-state index in [-0.39, 0.29) is 35.8 Å². The van der Waals surface area contributed by atoms with Gasteiger partial charge >= 0.3 is 5.97 Å². The van der Waals surface area contributed by atoms with Gasteiger partial charge in [0.05, 0.1) is 12.7 Å². The van der Waals surface area contributed by atoms with Crippen molar-refractivity contribution in [3.63, 3.8) is 0 Å². The van der Waals surface area contributed by atoms with Crippen LogP contribution < -0.4 is 4.90 Å². The molecular formula is C28H25F2N7O3. The van der Waals surface area contributed by atoms with Gasteiger partial charge in [-0.05, 0) is 23.1 Å². The van der Waals surface area contributed by atoms with Crippen LogP contribution in [0.2, 0.25) is 0 Å². The zero-order chi connectivity index (χ0) is 28.4. The molecule has 0 spiro atoms. The zero-order valence-electron chi connectivity index (χ0n) is 21.9. The van der Waals surface area contributed by atoms with Gasteiger partial charge in [-0.2, -0.15) is 0 Å². The number of nitrogens with zero attached hydrogens (tertiary/aromatic N) is 7. The molecule has 0 amide bonds. The number of hydrogen-bond acceptors (Lipinski definition) is 8. The number of carboxylic acids is 1. The minimum Gasteiger partial charge on any atom is -0.480 e. The molecule has 40 heavy (non-hydrogen) atoms. The van der Waals surface area contributed by atoms with Crippen molar-refractivity contribution in [3.8, 4) is 34.3 Å². The molecule has 0 unspecified atom stereocenters. The summed E-state index contributed by atoms with van der Waals surface area (Å²) < 4.78 is 36.3. The number of rotatable bonds is 9. The fraction of sp³-hybridized carbons (Fsp3) is 0.214. The average Bonchev–Trinajstić information content (AvgIpc) is 3.60. The van der Waals surface area contributed by atoms with Crippen molar-refractivity contribution in [3.05, 3.63) is 84.3 Å². The van der Waals surface area contributed by atoms with Gasteiger partial charge < -0.3 is 14.5 Å². The lowest BCUT2D eigenvalue weighted by atomic mass is 10.0. The molecule has 1 N–H and O–H groups in total. The number of aliphatic carboxylic acids is 1. The molecule has 5 aromatic rings. The summed E-state index contributed by atoms with van der Waals surface area (Å²) in [5.74, 6) is -2.66. The lowest BCUT2D eigenvalue weighted by Gasteiger charge is -2.28. The van der Waals surface area contributed by atoms with Crippen molar-refractivity contribution >= 4 is 11.8 Å². The number of carbonyl (C=O) groups is 1. The third-order valence-electron chi connectivity index (χ3n) is 6.38. The smallest absolute Gasteiger partial charge is 0.326 e. The van der Waals surface area contributed by atoms with Crippen molar-refractivity contribution in [2.45, 2.75) is 26.4 Å². The van der Waals surface area contributed by atoms with Gasteiger partial charge in [-0.3, -0.25) is 0 Å². The highest BCUT2D eigenvalue weighted by atomic mass is 19.1. The van der Waals surface area contributed by atoms with Gasteiger partial charge in [0.2, 0.25) is 11.6 Å². The van der Waals surface area contributed by atoms with Crippen molar-refractivity contribution in [1.29, 1.82) is 0 Å². The van der Waals surface area contributed by atoms with Crippen molar-refractivity contribution < 1.29 is 23.2 Å². The number of likely N-dealkylation sites (N-methyl/N-ethyl adjacent to an activating group) is 1. The fourth-order valence-electron chi connectivity index (χ4n) is 4.45. The van der Waals surface area contributed by atoms with E-state index in [9.17, 15) is 14.3 Å². The second-order valence-electron chi connectivity index (χ2n) is 9.48. The van der Waals surface area contributed by atoms with Crippen LogP contribution in [0.25, 0.3) is 34.3 Å². The van der Waals surface area contributed by atoms with E-state index in [1.807, 2.05) is 36.4 Å². The van der Waals surface area contributed by atoms with Crippen molar-refractivity contribution in [2.24, 2.45) is 5.92 Å². The number of hydrogen-bond donors (Lipinski definition) is 1. The van der Waals surface area contributed by atoms with E-state index in [0.29, 0.717) is 11.3 Å². The Bertz CT molecular complexity index is 1640. The first-order valence-corrected chi connectivity index (χ1v) is 12.4. The van der Waals surface area contributed by atoms with Gasteiger partial charge in [0.15, 0.2) is 23.2 Å². The second-order valence-corrected chi connectivity index (χ2v) is 9.48. The van der Waals surface area contributed by atoms with Crippen LogP contribution in [-0.4, -0.2) is 54.1 Å². The Kier molecular flexibility index (Phi) is 7.32.